The predicted molar refractivity (Wildman–Crippen MR) is 84.3 cm³/mol. The van der Waals surface area contributed by atoms with Crippen LogP contribution in [0, 0.1) is 5.95 Å². The lowest BCUT2D eigenvalue weighted by Gasteiger charge is -2.27. The predicted octanol–water partition coefficient (Wildman–Crippen LogP) is 3.18. The van der Waals surface area contributed by atoms with E-state index in [1.54, 1.807) is 24.4 Å². The summed E-state index contributed by atoms with van der Waals surface area (Å²) in [5.41, 5.74) is 1.42. The van der Waals surface area contributed by atoms with Gasteiger partial charge in [-0.1, -0.05) is 23.8 Å². The first-order valence-corrected chi connectivity index (χ1v) is 7.40. The third-order valence-corrected chi connectivity index (χ3v) is 3.74. The van der Waals surface area contributed by atoms with E-state index < -0.39 is 5.95 Å². The fourth-order valence-electron chi connectivity index (χ4n) is 2.04. The summed E-state index contributed by atoms with van der Waals surface area (Å²) in [6.45, 7) is 1.66. The number of pyridine rings is 2. The Morgan fingerprint density at radius 2 is 2.23 bits per heavy atom. The highest BCUT2D eigenvalue weighted by Gasteiger charge is 2.16. The number of halogens is 2. The molecule has 0 spiro atoms. The Kier molecular flexibility index (Phi) is 4.65. The molecule has 2 aromatic rings. The highest BCUT2D eigenvalue weighted by atomic mass is 35.5. The van der Waals surface area contributed by atoms with Crippen molar-refractivity contribution in [2.45, 2.75) is 12.5 Å². The average Bonchev–Trinajstić information content (AvgIpc) is 2.46. The molecule has 0 aliphatic carbocycles. The number of rotatable bonds is 5. The first-order valence-electron chi connectivity index (χ1n) is 7.02. The molecule has 0 amide bonds. The summed E-state index contributed by atoms with van der Waals surface area (Å²) < 4.78 is 18.7. The van der Waals surface area contributed by atoms with Crippen LogP contribution in [0.4, 0.5) is 4.39 Å². The summed E-state index contributed by atoms with van der Waals surface area (Å²) in [6, 6.07) is 5.29. The zero-order chi connectivity index (χ0) is 15.4. The van der Waals surface area contributed by atoms with Gasteiger partial charge in [0.15, 0.2) is 0 Å². The molecule has 1 N–H and O–H groups in total. The summed E-state index contributed by atoms with van der Waals surface area (Å²) in [4.78, 5) is 7.63. The minimum Gasteiger partial charge on any atom is -0.490 e. The average molecular weight is 320 g/mol. The second-order valence-electron chi connectivity index (χ2n) is 5.05. The second-order valence-corrected chi connectivity index (χ2v) is 5.41. The summed E-state index contributed by atoms with van der Waals surface area (Å²) in [7, 11) is 0. The lowest BCUT2D eigenvalue weighted by molar-refractivity contribution is 0.217. The van der Waals surface area contributed by atoms with Gasteiger partial charge < -0.3 is 10.1 Å². The quantitative estimate of drug-likeness (QED) is 0.860. The van der Waals surface area contributed by atoms with Gasteiger partial charge in [0.2, 0.25) is 5.95 Å². The van der Waals surface area contributed by atoms with Gasteiger partial charge in [-0.05, 0) is 30.7 Å². The molecule has 2 aromatic heterocycles. The Labute approximate surface area is 133 Å². The van der Waals surface area contributed by atoms with Crippen molar-refractivity contribution in [2.75, 3.05) is 13.2 Å². The topological polar surface area (TPSA) is 47.0 Å². The van der Waals surface area contributed by atoms with Crippen LogP contribution in [0.1, 0.15) is 17.5 Å². The van der Waals surface area contributed by atoms with Gasteiger partial charge in [-0.25, -0.2) is 9.97 Å². The molecule has 3 rings (SSSR count). The SMILES string of the molecule is [19F]c1cc(/C=C/c2cc(OC[C@@H]3CCN3)cnc2Cl)ccn1. The summed E-state index contributed by atoms with van der Waals surface area (Å²) in [5.74, 6) is 0.148. The Morgan fingerprint density at radius 1 is 1.36 bits per heavy atom. The third kappa shape index (κ3) is 3.81. The van der Waals surface area contributed by atoms with E-state index in [1.807, 2.05) is 6.07 Å². The van der Waals surface area contributed by atoms with Crippen LogP contribution in [0.3, 0.4) is 0 Å². The molecule has 0 bridgehead atoms. The molecule has 6 heteroatoms. The molecule has 3 heterocycles. The van der Waals surface area contributed by atoms with Crippen molar-refractivity contribution in [3.8, 4) is 5.75 Å². The van der Waals surface area contributed by atoms with Crippen molar-refractivity contribution in [3.05, 3.63) is 52.8 Å². The number of hydrogen-bond acceptors (Lipinski definition) is 4. The van der Waals surface area contributed by atoms with Crippen molar-refractivity contribution < 1.29 is 9.13 Å². The van der Waals surface area contributed by atoms with Gasteiger partial charge in [-0.15, -0.1) is 0 Å². The lowest BCUT2D eigenvalue weighted by Crippen LogP contribution is -2.46. The highest BCUT2D eigenvalue weighted by molar-refractivity contribution is 6.31. The number of nitrogens with zero attached hydrogens (tertiary/aromatic N) is 2. The second kappa shape index (κ2) is 6.85. The summed E-state index contributed by atoms with van der Waals surface area (Å²) in [5, 5.41) is 3.64. The van der Waals surface area contributed by atoms with Crippen molar-refractivity contribution >= 4 is 23.8 Å². The minimum absolute atomic E-state index is 0.375. The summed E-state index contributed by atoms with van der Waals surface area (Å²) in [6.07, 6.45) is 7.68. The molecule has 1 atom stereocenters. The van der Waals surface area contributed by atoms with Crippen LogP contribution in [0.2, 0.25) is 5.15 Å². The standard InChI is InChI=1S/C16H15ClFN3O/c17-16-12(2-1-11-3-5-20-15(18)7-11)8-14(9-21-16)22-10-13-4-6-19-13/h1-3,5,7-9,13,19H,4,6,10H2/b2-1+/t13-/m0/s1/i18+0. The Hall–Kier alpha value is -1.98. The van der Waals surface area contributed by atoms with Crippen LogP contribution < -0.4 is 10.1 Å². The van der Waals surface area contributed by atoms with E-state index in [4.69, 9.17) is 16.3 Å². The molecule has 0 radical (unpaired) electrons. The largest absolute Gasteiger partial charge is 0.490 e. The van der Waals surface area contributed by atoms with Crippen molar-refractivity contribution in [1.82, 2.24) is 15.3 Å². The van der Waals surface area contributed by atoms with Crippen LogP contribution in [-0.2, 0) is 0 Å². The first-order chi connectivity index (χ1) is 10.7. The lowest BCUT2D eigenvalue weighted by atomic mass is 10.1. The Morgan fingerprint density at radius 3 is 2.95 bits per heavy atom. The number of nitrogens with one attached hydrogen (secondary N) is 1. The minimum atomic E-state index is -0.517. The smallest absolute Gasteiger partial charge is 0.213 e. The van der Waals surface area contributed by atoms with Crippen LogP contribution in [-0.4, -0.2) is 29.2 Å². The van der Waals surface area contributed by atoms with Gasteiger partial charge in [0, 0.05) is 23.9 Å². The molecule has 22 heavy (non-hydrogen) atoms. The number of aromatic nitrogens is 2. The van der Waals surface area contributed by atoms with Gasteiger partial charge in [-0.2, -0.15) is 4.39 Å². The van der Waals surface area contributed by atoms with Crippen LogP contribution in [0.15, 0.2) is 30.6 Å². The fourth-order valence-corrected chi connectivity index (χ4v) is 2.20. The molecule has 114 valence electrons. The van der Waals surface area contributed by atoms with E-state index in [0.29, 0.717) is 29.1 Å². The maximum atomic E-state index is 13.0. The zero-order valence-electron chi connectivity index (χ0n) is 11.8. The molecule has 0 saturated carbocycles. The zero-order valence-corrected chi connectivity index (χ0v) is 12.6. The summed E-state index contributed by atoms with van der Waals surface area (Å²) >= 11 is 6.08. The van der Waals surface area contributed by atoms with Gasteiger partial charge in [0.05, 0.1) is 6.20 Å². The molecule has 4 nitrogen and oxygen atoms in total. The third-order valence-electron chi connectivity index (χ3n) is 3.42. The van der Waals surface area contributed by atoms with Gasteiger partial charge >= 0.3 is 0 Å². The van der Waals surface area contributed by atoms with Gasteiger partial charge in [0.1, 0.15) is 17.5 Å². The monoisotopic (exact) mass is 319 g/mol. The molecule has 1 saturated heterocycles. The molecular weight excluding hydrogens is 305 g/mol. The molecule has 1 aliphatic rings. The first kappa shape index (κ1) is 14.9. The molecule has 1 fully saturated rings. The molecular formula is C16H15ClFN3O. The van der Waals surface area contributed by atoms with Gasteiger partial charge in [0.25, 0.3) is 0 Å². The number of ether oxygens (including phenoxy) is 1. The van der Waals surface area contributed by atoms with Crippen molar-refractivity contribution in [3.63, 3.8) is 0 Å². The molecule has 0 unspecified atom stereocenters. The van der Waals surface area contributed by atoms with E-state index in [9.17, 15) is 4.39 Å². The van der Waals surface area contributed by atoms with E-state index in [-0.39, 0.29) is 0 Å². The van der Waals surface area contributed by atoms with Crippen LogP contribution in [0.25, 0.3) is 12.2 Å². The van der Waals surface area contributed by atoms with Crippen LogP contribution in [0.5, 0.6) is 5.75 Å². The van der Waals surface area contributed by atoms with E-state index >= 15 is 0 Å². The fraction of sp³-hybridized carbons (Fsp3) is 0.250. The Bertz CT molecular complexity index is 689. The molecule has 0 aromatic carbocycles. The van der Waals surface area contributed by atoms with Crippen LogP contribution >= 0.6 is 11.6 Å². The van der Waals surface area contributed by atoms with Gasteiger partial charge in [-0.3, -0.25) is 0 Å². The maximum absolute atomic E-state index is 13.0. The van der Waals surface area contributed by atoms with E-state index in [2.05, 4.69) is 15.3 Å². The van der Waals surface area contributed by atoms with E-state index in [0.717, 1.165) is 18.5 Å². The molecule has 1 aliphatic heterocycles. The highest BCUT2D eigenvalue weighted by Crippen LogP contribution is 2.22. The van der Waals surface area contributed by atoms with E-state index in [1.165, 1.54) is 12.3 Å². The van der Waals surface area contributed by atoms with Crippen molar-refractivity contribution in [1.29, 1.82) is 0 Å². The number of hydrogen-bond donors (Lipinski definition) is 1. The Balaban J connectivity index is 1.71. The normalized spacial score (nSPS) is 17.5. The maximum Gasteiger partial charge on any atom is 0.213 e. The van der Waals surface area contributed by atoms with Crippen molar-refractivity contribution in [2.24, 2.45) is 0 Å².